The van der Waals surface area contributed by atoms with Gasteiger partial charge < -0.3 is 14.4 Å². The third-order valence-corrected chi connectivity index (χ3v) is 2.50. The van der Waals surface area contributed by atoms with Crippen molar-refractivity contribution in [3.05, 3.63) is 46.3 Å². The summed E-state index contributed by atoms with van der Waals surface area (Å²) in [5.74, 6) is -0.667. The summed E-state index contributed by atoms with van der Waals surface area (Å²) in [5, 5.41) is 12.2. The molecular formula is C11H8BrNO4. The van der Waals surface area contributed by atoms with Gasteiger partial charge in [0.05, 0.1) is 0 Å². The van der Waals surface area contributed by atoms with Crippen LogP contribution in [0.4, 0.5) is 0 Å². The summed E-state index contributed by atoms with van der Waals surface area (Å²) < 4.78 is 11.0. The van der Waals surface area contributed by atoms with E-state index in [-0.39, 0.29) is 12.4 Å². The lowest BCUT2D eigenvalue weighted by atomic mass is 10.3. The third-order valence-electron chi connectivity index (χ3n) is 1.97. The summed E-state index contributed by atoms with van der Waals surface area (Å²) in [7, 11) is 0. The maximum atomic E-state index is 10.5. The number of nitrogens with zero attached hydrogens (tertiary/aromatic N) is 1. The van der Waals surface area contributed by atoms with E-state index < -0.39 is 5.97 Å². The number of carbonyl (C=O) groups is 1. The van der Waals surface area contributed by atoms with Gasteiger partial charge in [-0.15, -0.1) is 0 Å². The Kier molecular flexibility index (Phi) is 3.43. The van der Waals surface area contributed by atoms with Crippen LogP contribution >= 0.6 is 15.9 Å². The number of aromatic nitrogens is 1. The number of aromatic carboxylic acids is 1. The molecule has 0 aliphatic carbocycles. The molecule has 1 aromatic heterocycles. The Morgan fingerprint density at radius 1 is 1.41 bits per heavy atom. The van der Waals surface area contributed by atoms with Crippen molar-refractivity contribution in [3.63, 3.8) is 0 Å². The minimum absolute atomic E-state index is 0.165. The van der Waals surface area contributed by atoms with Crippen LogP contribution in [0.2, 0.25) is 0 Å². The monoisotopic (exact) mass is 297 g/mol. The van der Waals surface area contributed by atoms with Gasteiger partial charge in [-0.2, -0.15) is 0 Å². The molecule has 0 amide bonds. The van der Waals surface area contributed by atoms with Gasteiger partial charge in [-0.25, -0.2) is 4.79 Å². The molecule has 0 saturated heterocycles. The number of hydrogen-bond acceptors (Lipinski definition) is 4. The van der Waals surface area contributed by atoms with Crippen LogP contribution in [0.15, 0.2) is 39.3 Å². The molecule has 17 heavy (non-hydrogen) atoms. The van der Waals surface area contributed by atoms with E-state index in [4.69, 9.17) is 9.84 Å². The van der Waals surface area contributed by atoms with E-state index in [1.165, 1.54) is 6.07 Å². The number of benzene rings is 1. The molecule has 1 heterocycles. The highest BCUT2D eigenvalue weighted by Crippen LogP contribution is 2.17. The Morgan fingerprint density at radius 2 is 2.12 bits per heavy atom. The average Bonchev–Trinajstić information content (AvgIpc) is 2.77. The molecule has 5 nitrogen and oxygen atoms in total. The minimum atomic E-state index is -1.15. The first-order valence-corrected chi connectivity index (χ1v) is 5.52. The molecule has 0 atom stereocenters. The Balaban J connectivity index is 1.97. The predicted octanol–water partition coefficient (Wildman–Crippen LogP) is 2.71. The topological polar surface area (TPSA) is 72.6 Å². The SMILES string of the molecule is O=C(O)c1cc(COc2ccc(Br)cc2)no1. The predicted molar refractivity (Wildman–Crippen MR) is 61.9 cm³/mol. The number of ether oxygens (including phenoxy) is 1. The second kappa shape index (κ2) is 5.01. The largest absolute Gasteiger partial charge is 0.487 e. The molecule has 0 bridgehead atoms. The van der Waals surface area contributed by atoms with Crippen molar-refractivity contribution in [2.75, 3.05) is 0 Å². The fraction of sp³-hybridized carbons (Fsp3) is 0.0909. The minimum Gasteiger partial charge on any atom is -0.487 e. The maximum absolute atomic E-state index is 10.5. The summed E-state index contributed by atoms with van der Waals surface area (Å²) in [4.78, 5) is 10.5. The molecule has 0 saturated carbocycles. The first kappa shape index (κ1) is 11.7. The van der Waals surface area contributed by atoms with Crippen LogP contribution < -0.4 is 4.74 Å². The van der Waals surface area contributed by atoms with Gasteiger partial charge in [0.2, 0.25) is 5.76 Å². The van der Waals surface area contributed by atoms with Crippen LogP contribution in [0, 0.1) is 0 Å². The van der Waals surface area contributed by atoms with Gasteiger partial charge in [0.1, 0.15) is 18.1 Å². The number of halogens is 1. The standard InChI is InChI=1S/C11H8BrNO4/c12-7-1-3-9(4-2-7)16-6-8-5-10(11(14)15)17-13-8/h1-5H,6H2,(H,14,15). The molecular weight excluding hydrogens is 290 g/mol. The number of hydrogen-bond donors (Lipinski definition) is 1. The lowest BCUT2D eigenvalue weighted by Gasteiger charge is -2.02. The van der Waals surface area contributed by atoms with Crippen LogP contribution in [0.5, 0.6) is 5.75 Å². The van der Waals surface area contributed by atoms with E-state index in [1.807, 2.05) is 12.1 Å². The van der Waals surface area contributed by atoms with Gasteiger partial charge in [0, 0.05) is 10.5 Å². The van der Waals surface area contributed by atoms with Crippen molar-refractivity contribution in [2.24, 2.45) is 0 Å². The van der Waals surface area contributed by atoms with Crippen molar-refractivity contribution in [1.82, 2.24) is 5.16 Å². The van der Waals surface area contributed by atoms with E-state index in [0.717, 1.165) is 4.47 Å². The smallest absolute Gasteiger partial charge is 0.374 e. The van der Waals surface area contributed by atoms with E-state index in [9.17, 15) is 4.79 Å². The van der Waals surface area contributed by atoms with Crippen molar-refractivity contribution >= 4 is 21.9 Å². The van der Waals surface area contributed by atoms with Gasteiger partial charge >= 0.3 is 5.97 Å². The third kappa shape index (κ3) is 3.07. The van der Waals surface area contributed by atoms with Crippen molar-refractivity contribution in [2.45, 2.75) is 6.61 Å². The Bertz CT molecular complexity index is 521. The van der Waals surface area contributed by atoms with Gasteiger partial charge in [-0.1, -0.05) is 21.1 Å². The number of carboxylic acid groups (broad SMARTS) is 1. The molecule has 0 spiro atoms. The van der Waals surface area contributed by atoms with Crippen LogP contribution in [-0.4, -0.2) is 16.2 Å². The van der Waals surface area contributed by atoms with Crippen LogP contribution in [0.3, 0.4) is 0 Å². The molecule has 0 unspecified atom stereocenters. The summed E-state index contributed by atoms with van der Waals surface area (Å²) in [6.45, 7) is 0.165. The second-order valence-corrected chi connectivity index (χ2v) is 4.15. The van der Waals surface area contributed by atoms with Crippen LogP contribution in [0.1, 0.15) is 16.2 Å². The van der Waals surface area contributed by atoms with Gasteiger partial charge in [0.25, 0.3) is 0 Å². The van der Waals surface area contributed by atoms with Gasteiger partial charge in [-0.3, -0.25) is 0 Å². The highest BCUT2D eigenvalue weighted by atomic mass is 79.9. The highest BCUT2D eigenvalue weighted by molar-refractivity contribution is 9.10. The van der Waals surface area contributed by atoms with E-state index in [0.29, 0.717) is 11.4 Å². The average molecular weight is 298 g/mol. The summed E-state index contributed by atoms with van der Waals surface area (Å²) >= 11 is 3.31. The molecule has 88 valence electrons. The molecule has 0 fully saturated rings. The zero-order valence-corrected chi connectivity index (χ0v) is 10.2. The normalized spacial score (nSPS) is 10.2. The van der Waals surface area contributed by atoms with E-state index in [2.05, 4.69) is 25.6 Å². The first-order chi connectivity index (χ1) is 8.15. The molecule has 2 rings (SSSR count). The molecule has 0 radical (unpaired) electrons. The van der Waals surface area contributed by atoms with Crippen molar-refractivity contribution in [3.8, 4) is 5.75 Å². The molecule has 2 aromatic rings. The molecule has 0 aliphatic heterocycles. The van der Waals surface area contributed by atoms with Crippen LogP contribution in [0.25, 0.3) is 0 Å². The van der Waals surface area contributed by atoms with Crippen LogP contribution in [-0.2, 0) is 6.61 Å². The fourth-order valence-corrected chi connectivity index (χ4v) is 1.43. The van der Waals surface area contributed by atoms with Crippen molar-refractivity contribution in [1.29, 1.82) is 0 Å². The lowest BCUT2D eigenvalue weighted by Crippen LogP contribution is -1.95. The maximum Gasteiger partial charge on any atom is 0.374 e. The van der Waals surface area contributed by atoms with E-state index in [1.54, 1.807) is 12.1 Å². The Morgan fingerprint density at radius 3 is 2.71 bits per heavy atom. The Labute approximate surface area is 105 Å². The Hall–Kier alpha value is -1.82. The molecule has 6 heteroatoms. The zero-order valence-electron chi connectivity index (χ0n) is 8.59. The second-order valence-electron chi connectivity index (χ2n) is 3.23. The molecule has 1 aromatic carbocycles. The van der Waals surface area contributed by atoms with Gasteiger partial charge in [0.15, 0.2) is 0 Å². The van der Waals surface area contributed by atoms with Crippen molar-refractivity contribution < 1.29 is 19.2 Å². The quantitative estimate of drug-likeness (QED) is 0.939. The lowest BCUT2D eigenvalue weighted by molar-refractivity contribution is 0.0651. The summed E-state index contributed by atoms with van der Waals surface area (Å²) in [6, 6.07) is 8.62. The highest BCUT2D eigenvalue weighted by Gasteiger charge is 2.11. The van der Waals surface area contributed by atoms with Gasteiger partial charge in [-0.05, 0) is 24.3 Å². The molecule has 1 N–H and O–H groups in total. The van der Waals surface area contributed by atoms with E-state index >= 15 is 0 Å². The number of carboxylic acids is 1. The fourth-order valence-electron chi connectivity index (χ4n) is 1.17. The number of rotatable bonds is 4. The zero-order chi connectivity index (χ0) is 12.3. The summed E-state index contributed by atoms with van der Waals surface area (Å²) in [5.41, 5.74) is 0.435. The summed E-state index contributed by atoms with van der Waals surface area (Å²) in [6.07, 6.45) is 0. The molecule has 0 aliphatic rings. The first-order valence-electron chi connectivity index (χ1n) is 4.72.